The number of carbonyl (C=O) groups excluding carboxylic acids is 2. The Bertz CT molecular complexity index is 1740. The van der Waals surface area contributed by atoms with Crippen molar-refractivity contribution in [2.45, 2.75) is 52.7 Å². The quantitative estimate of drug-likeness (QED) is 0.388. The molecule has 0 spiro atoms. The van der Waals surface area contributed by atoms with Gasteiger partial charge in [-0.25, -0.2) is 9.79 Å². The molecule has 3 aromatic rings. The van der Waals surface area contributed by atoms with E-state index in [0.717, 1.165) is 29.9 Å². The number of unbranched alkanes of at least 4 members (excludes halogenated alkanes) is 1. The summed E-state index contributed by atoms with van der Waals surface area (Å²) in [7, 11) is 1.51. The topological polar surface area (TPSA) is 90.2 Å². The van der Waals surface area contributed by atoms with E-state index in [-0.39, 0.29) is 22.1 Å². The molecule has 0 N–H and O–H groups in total. The molecule has 40 heavy (non-hydrogen) atoms. The van der Waals surface area contributed by atoms with E-state index in [2.05, 4.69) is 11.9 Å². The van der Waals surface area contributed by atoms with Crippen molar-refractivity contribution in [3.05, 3.63) is 89.6 Å². The van der Waals surface area contributed by atoms with Gasteiger partial charge in [0.25, 0.3) is 11.5 Å². The molecule has 208 valence electrons. The van der Waals surface area contributed by atoms with Gasteiger partial charge in [0.1, 0.15) is 16.3 Å². The number of aromatic nitrogens is 1. The van der Waals surface area contributed by atoms with Gasteiger partial charge in [0.15, 0.2) is 4.80 Å². The van der Waals surface area contributed by atoms with Crippen LogP contribution in [0.15, 0.2) is 63.5 Å². The molecule has 3 heterocycles. The maximum atomic E-state index is 14.3. The van der Waals surface area contributed by atoms with Crippen LogP contribution in [-0.4, -0.2) is 36.2 Å². The fourth-order valence-electron chi connectivity index (χ4n) is 5.16. The zero-order valence-electron chi connectivity index (χ0n) is 23.0. The average Bonchev–Trinajstić information content (AvgIpc) is 3.38. The van der Waals surface area contributed by atoms with Crippen molar-refractivity contribution in [1.82, 2.24) is 4.57 Å². The smallest absolute Gasteiger partial charge is 0.338 e. The Hall–Kier alpha value is -3.69. The molecule has 1 amide bonds. The third kappa shape index (κ3) is 4.67. The van der Waals surface area contributed by atoms with E-state index in [9.17, 15) is 14.4 Å². The number of hydrogen-bond donors (Lipinski definition) is 0. The summed E-state index contributed by atoms with van der Waals surface area (Å²) >= 11 is 7.54. The monoisotopic (exact) mass is 579 g/mol. The van der Waals surface area contributed by atoms with Gasteiger partial charge >= 0.3 is 5.97 Å². The van der Waals surface area contributed by atoms with Crippen molar-refractivity contribution in [2.75, 3.05) is 18.6 Å². The van der Waals surface area contributed by atoms with Gasteiger partial charge in [-0.3, -0.25) is 14.2 Å². The lowest BCUT2D eigenvalue weighted by atomic mass is 9.95. The molecular weight excluding hydrogens is 550 g/mol. The minimum absolute atomic E-state index is 0.209. The molecule has 1 atom stereocenters. The molecule has 2 aromatic carbocycles. The van der Waals surface area contributed by atoms with Crippen LogP contribution in [0.2, 0.25) is 5.02 Å². The molecule has 0 fully saturated rings. The van der Waals surface area contributed by atoms with Gasteiger partial charge in [-0.15, -0.1) is 0 Å². The molecule has 2 aliphatic rings. The summed E-state index contributed by atoms with van der Waals surface area (Å²) in [5, 5.41) is 0.415. The summed E-state index contributed by atoms with van der Waals surface area (Å²) in [6, 6.07) is 11.6. The second-order valence-corrected chi connectivity index (χ2v) is 11.4. The number of para-hydroxylation sites is 1. The van der Waals surface area contributed by atoms with Crippen LogP contribution in [0.25, 0.3) is 5.57 Å². The first-order valence-corrected chi connectivity index (χ1v) is 14.4. The van der Waals surface area contributed by atoms with Crippen LogP contribution in [-0.2, 0) is 14.3 Å². The fourth-order valence-corrected chi connectivity index (χ4v) is 6.48. The Morgan fingerprint density at radius 2 is 1.93 bits per heavy atom. The molecule has 1 aromatic heterocycles. The van der Waals surface area contributed by atoms with Crippen molar-refractivity contribution in [2.24, 2.45) is 4.99 Å². The van der Waals surface area contributed by atoms with Crippen molar-refractivity contribution >= 4 is 46.1 Å². The van der Waals surface area contributed by atoms with Crippen LogP contribution >= 0.6 is 22.9 Å². The predicted molar refractivity (Wildman–Crippen MR) is 156 cm³/mol. The molecule has 0 radical (unpaired) electrons. The van der Waals surface area contributed by atoms with E-state index in [1.165, 1.54) is 11.7 Å². The Balaban J connectivity index is 1.82. The summed E-state index contributed by atoms with van der Waals surface area (Å²) in [4.78, 5) is 48.3. The second-order valence-electron chi connectivity index (χ2n) is 9.95. The van der Waals surface area contributed by atoms with Crippen molar-refractivity contribution < 1.29 is 19.1 Å². The number of anilines is 1. The molecule has 2 aliphatic heterocycles. The molecular formula is C30H30ClN3O5S. The van der Waals surface area contributed by atoms with Crippen molar-refractivity contribution in [3.8, 4) is 5.75 Å². The van der Waals surface area contributed by atoms with E-state index < -0.39 is 17.6 Å². The van der Waals surface area contributed by atoms with Gasteiger partial charge in [-0.1, -0.05) is 54.5 Å². The second kappa shape index (κ2) is 11.1. The first kappa shape index (κ1) is 27.9. The molecule has 8 nitrogen and oxygen atoms in total. The third-order valence-electron chi connectivity index (χ3n) is 6.93. The van der Waals surface area contributed by atoms with Crippen LogP contribution in [0.5, 0.6) is 5.75 Å². The number of thiazole rings is 1. The number of allylic oxidation sites excluding steroid dienone is 1. The Labute approximate surface area is 240 Å². The Morgan fingerprint density at radius 1 is 1.18 bits per heavy atom. The Kier molecular flexibility index (Phi) is 7.70. The minimum atomic E-state index is -0.923. The summed E-state index contributed by atoms with van der Waals surface area (Å²) in [6.45, 7) is 7.85. The van der Waals surface area contributed by atoms with E-state index in [1.807, 2.05) is 24.3 Å². The highest BCUT2D eigenvalue weighted by molar-refractivity contribution is 7.07. The Morgan fingerprint density at radius 3 is 2.62 bits per heavy atom. The van der Waals surface area contributed by atoms with Crippen LogP contribution in [0.1, 0.15) is 57.7 Å². The maximum Gasteiger partial charge on any atom is 0.338 e. The van der Waals surface area contributed by atoms with Gasteiger partial charge in [0, 0.05) is 22.7 Å². The highest BCUT2D eigenvalue weighted by atomic mass is 35.5. The zero-order valence-corrected chi connectivity index (χ0v) is 24.6. The molecule has 0 saturated heterocycles. The van der Waals surface area contributed by atoms with Crippen molar-refractivity contribution in [3.63, 3.8) is 0 Å². The molecule has 0 bridgehead atoms. The van der Waals surface area contributed by atoms with Gasteiger partial charge in [0.05, 0.1) is 35.7 Å². The van der Waals surface area contributed by atoms with Gasteiger partial charge in [0.2, 0.25) is 0 Å². The molecule has 5 rings (SSSR count). The number of nitrogens with zero attached hydrogens (tertiary/aromatic N) is 3. The number of benzene rings is 2. The van der Waals surface area contributed by atoms with E-state index in [1.54, 1.807) is 43.9 Å². The molecule has 0 aliphatic carbocycles. The number of ether oxygens (including phenoxy) is 2. The zero-order chi connectivity index (χ0) is 28.7. The molecule has 0 saturated carbocycles. The van der Waals surface area contributed by atoms with E-state index >= 15 is 0 Å². The summed E-state index contributed by atoms with van der Waals surface area (Å²) in [5.74, 6) is -0.355. The number of methoxy groups -OCH3 is 1. The molecule has 0 unspecified atom stereocenters. The lowest BCUT2D eigenvalue weighted by Crippen LogP contribution is -2.41. The number of halogens is 1. The number of hydrogen-bond acceptors (Lipinski definition) is 7. The average molecular weight is 580 g/mol. The normalized spacial score (nSPS) is 17.6. The first-order chi connectivity index (χ1) is 19.2. The lowest BCUT2D eigenvalue weighted by Gasteiger charge is -2.26. The van der Waals surface area contributed by atoms with Gasteiger partial charge < -0.3 is 14.4 Å². The van der Waals surface area contributed by atoms with Crippen LogP contribution < -0.4 is 24.5 Å². The highest BCUT2D eigenvalue weighted by Crippen LogP contribution is 2.38. The van der Waals surface area contributed by atoms with Crippen LogP contribution in [0.3, 0.4) is 0 Å². The van der Waals surface area contributed by atoms with E-state index in [0.29, 0.717) is 44.5 Å². The number of fused-ring (bicyclic) bond motifs is 2. The highest BCUT2D eigenvalue weighted by Gasteiger charge is 2.38. The van der Waals surface area contributed by atoms with Crippen LogP contribution in [0, 0.1) is 0 Å². The number of amides is 1. The summed E-state index contributed by atoms with van der Waals surface area (Å²) < 4.78 is 12.9. The third-order valence-corrected chi connectivity index (χ3v) is 8.22. The lowest BCUT2D eigenvalue weighted by molar-refractivity contribution is -0.143. The predicted octanol–water partition coefficient (Wildman–Crippen LogP) is 4.37. The van der Waals surface area contributed by atoms with Gasteiger partial charge in [-0.2, -0.15) is 0 Å². The minimum Gasteiger partial charge on any atom is -0.496 e. The van der Waals surface area contributed by atoms with Crippen LogP contribution in [0.4, 0.5) is 5.69 Å². The SMILES string of the molecule is CCCCN1C(=O)/C(=c2\sc3n(c2=O)[C@@H](c2cc(Cl)ccc2OC)C(C(=O)OC(C)C)=C(C)N=3)c2ccccc21. The summed E-state index contributed by atoms with van der Waals surface area (Å²) in [6.07, 6.45) is 1.38. The fraction of sp³-hybridized carbons (Fsp3) is 0.333. The maximum absolute atomic E-state index is 14.3. The number of carbonyl (C=O) groups is 2. The first-order valence-electron chi connectivity index (χ1n) is 13.2. The standard InChI is InChI=1S/C30H30ClN3O5S/c1-6-7-14-33-21-11-9-8-10-19(21)24(27(33)35)26-28(36)34-25(20-15-18(31)12-13-22(20)38-5)23(29(37)39-16(2)3)17(4)32-30(34)40-26/h8-13,15-16,25H,6-7,14H2,1-5H3/b26-24-/t25-/m0/s1. The molecule has 10 heteroatoms. The van der Waals surface area contributed by atoms with Gasteiger partial charge in [-0.05, 0) is 51.5 Å². The number of rotatable bonds is 7. The van der Waals surface area contributed by atoms with E-state index in [4.69, 9.17) is 21.1 Å². The van der Waals surface area contributed by atoms with Crippen molar-refractivity contribution in [1.29, 1.82) is 0 Å². The number of esters is 1. The largest absolute Gasteiger partial charge is 0.496 e. The summed E-state index contributed by atoms with van der Waals surface area (Å²) in [5.41, 5.74) is 2.56.